The van der Waals surface area contributed by atoms with Gasteiger partial charge in [0.2, 0.25) is 0 Å². The van der Waals surface area contributed by atoms with Crippen LogP contribution in [-0.4, -0.2) is 36.0 Å². The summed E-state index contributed by atoms with van der Waals surface area (Å²) in [6.07, 6.45) is 4.27. The summed E-state index contributed by atoms with van der Waals surface area (Å²) in [5.74, 6) is 1.17. The third kappa shape index (κ3) is 5.17. The van der Waals surface area contributed by atoms with Crippen LogP contribution in [0.25, 0.3) is 0 Å². The monoisotopic (exact) mass is 200 g/mol. The molecule has 0 aliphatic carbocycles. The highest BCUT2D eigenvalue weighted by atomic mass is 32.2. The van der Waals surface area contributed by atoms with E-state index in [9.17, 15) is 0 Å². The first-order valence-corrected chi connectivity index (χ1v) is 6.32. The van der Waals surface area contributed by atoms with Crippen molar-refractivity contribution in [1.82, 2.24) is 4.90 Å². The van der Waals surface area contributed by atoms with Crippen molar-refractivity contribution >= 4 is 11.8 Å². The first-order chi connectivity index (χ1) is 6.29. The summed E-state index contributed by atoms with van der Waals surface area (Å²) in [5.41, 5.74) is 0. The highest BCUT2D eigenvalue weighted by Gasteiger charge is 2.13. The summed E-state index contributed by atoms with van der Waals surface area (Å²) in [5, 5.41) is 8.96. The molecule has 0 bridgehead atoms. The minimum absolute atomic E-state index is 0.127. The molecular weight excluding hydrogens is 180 g/mol. The van der Waals surface area contributed by atoms with Crippen molar-refractivity contribution in [2.75, 3.05) is 25.1 Å². The van der Waals surface area contributed by atoms with E-state index >= 15 is 0 Å². The summed E-state index contributed by atoms with van der Waals surface area (Å²) in [6.45, 7) is 6.19. The molecule has 0 saturated carbocycles. The fourth-order valence-electron chi connectivity index (χ4n) is 1.41. The number of rotatable bonds is 7. The second-order valence-electron chi connectivity index (χ2n) is 3.00. The Bertz CT molecular complexity index is 149. The standard InChI is InChI=1S/C10H20N2S/c1-4-12(5-2)10(9-11)7-6-8-13-3/h10H,4-8H2,1-3H3. The Morgan fingerprint density at radius 2 is 2.00 bits per heavy atom. The number of hydrogen-bond acceptors (Lipinski definition) is 3. The van der Waals surface area contributed by atoms with Crippen LogP contribution in [0.3, 0.4) is 0 Å². The molecule has 0 spiro atoms. The Morgan fingerprint density at radius 1 is 1.38 bits per heavy atom. The molecule has 0 amide bonds. The minimum Gasteiger partial charge on any atom is -0.289 e. The normalized spacial score (nSPS) is 12.8. The van der Waals surface area contributed by atoms with Crippen LogP contribution >= 0.6 is 11.8 Å². The lowest BCUT2D eigenvalue weighted by molar-refractivity contribution is 0.248. The molecule has 0 N–H and O–H groups in total. The summed E-state index contributed by atoms with van der Waals surface area (Å²) in [7, 11) is 0. The van der Waals surface area contributed by atoms with Gasteiger partial charge in [0.1, 0.15) is 0 Å². The predicted octanol–water partition coefficient (Wildman–Crippen LogP) is 2.36. The molecule has 0 fully saturated rings. The lowest BCUT2D eigenvalue weighted by Gasteiger charge is -2.23. The van der Waals surface area contributed by atoms with Crippen molar-refractivity contribution in [2.24, 2.45) is 0 Å². The third-order valence-corrected chi connectivity index (χ3v) is 2.93. The van der Waals surface area contributed by atoms with Gasteiger partial charge in [-0.15, -0.1) is 0 Å². The summed E-state index contributed by atoms with van der Waals surface area (Å²) < 4.78 is 0. The maximum Gasteiger partial charge on any atom is 0.0978 e. The molecule has 1 unspecified atom stereocenters. The fraction of sp³-hybridized carbons (Fsp3) is 0.900. The molecule has 0 aromatic carbocycles. The number of nitriles is 1. The van der Waals surface area contributed by atoms with Gasteiger partial charge >= 0.3 is 0 Å². The smallest absolute Gasteiger partial charge is 0.0978 e. The fourth-order valence-corrected chi connectivity index (χ4v) is 1.87. The molecule has 13 heavy (non-hydrogen) atoms. The number of nitrogens with zero attached hydrogens (tertiary/aromatic N) is 2. The van der Waals surface area contributed by atoms with Crippen molar-refractivity contribution in [2.45, 2.75) is 32.7 Å². The van der Waals surface area contributed by atoms with Gasteiger partial charge in [-0.3, -0.25) is 4.90 Å². The summed E-state index contributed by atoms with van der Waals surface area (Å²) in [6, 6.07) is 2.51. The van der Waals surface area contributed by atoms with Crippen LogP contribution in [0.15, 0.2) is 0 Å². The Hall–Kier alpha value is -0.200. The van der Waals surface area contributed by atoms with E-state index in [0.29, 0.717) is 0 Å². The minimum atomic E-state index is 0.127. The van der Waals surface area contributed by atoms with Gasteiger partial charge in [0, 0.05) is 0 Å². The van der Waals surface area contributed by atoms with Crippen molar-refractivity contribution < 1.29 is 0 Å². The van der Waals surface area contributed by atoms with E-state index in [1.807, 2.05) is 11.8 Å². The Labute approximate surface area is 86.3 Å². The Balaban J connectivity index is 3.80. The average Bonchev–Trinajstić information content (AvgIpc) is 2.17. The van der Waals surface area contributed by atoms with Crippen LogP contribution in [0, 0.1) is 11.3 Å². The first kappa shape index (κ1) is 12.8. The lowest BCUT2D eigenvalue weighted by atomic mass is 10.1. The van der Waals surface area contributed by atoms with Crippen molar-refractivity contribution in [1.29, 1.82) is 5.26 Å². The molecule has 0 radical (unpaired) electrons. The number of thioether (sulfide) groups is 1. The quantitative estimate of drug-likeness (QED) is 0.590. The zero-order valence-corrected chi connectivity index (χ0v) is 9.73. The van der Waals surface area contributed by atoms with Crippen LogP contribution < -0.4 is 0 Å². The van der Waals surface area contributed by atoms with Gasteiger partial charge in [0.25, 0.3) is 0 Å². The Kier molecular flexibility index (Phi) is 8.27. The van der Waals surface area contributed by atoms with E-state index in [-0.39, 0.29) is 6.04 Å². The van der Waals surface area contributed by atoms with E-state index in [0.717, 1.165) is 25.9 Å². The molecular formula is C10H20N2S. The largest absolute Gasteiger partial charge is 0.289 e. The third-order valence-electron chi connectivity index (χ3n) is 2.23. The molecule has 0 aliphatic rings. The molecule has 0 aromatic rings. The van der Waals surface area contributed by atoms with E-state index in [2.05, 4.69) is 31.1 Å². The van der Waals surface area contributed by atoms with Gasteiger partial charge in [-0.25, -0.2) is 0 Å². The number of hydrogen-bond donors (Lipinski definition) is 0. The van der Waals surface area contributed by atoms with E-state index in [1.165, 1.54) is 5.75 Å². The van der Waals surface area contributed by atoms with Crippen LogP contribution in [0.4, 0.5) is 0 Å². The molecule has 2 nitrogen and oxygen atoms in total. The van der Waals surface area contributed by atoms with Crippen molar-refractivity contribution in [3.63, 3.8) is 0 Å². The predicted molar refractivity (Wildman–Crippen MR) is 59.9 cm³/mol. The molecule has 0 heterocycles. The van der Waals surface area contributed by atoms with Gasteiger partial charge in [-0.2, -0.15) is 17.0 Å². The van der Waals surface area contributed by atoms with Crippen LogP contribution in [0.1, 0.15) is 26.7 Å². The van der Waals surface area contributed by atoms with Crippen molar-refractivity contribution in [3.8, 4) is 6.07 Å². The topological polar surface area (TPSA) is 27.0 Å². The summed E-state index contributed by atoms with van der Waals surface area (Å²) >= 11 is 1.85. The van der Waals surface area contributed by atoms with Crippen LogP contribution in [-0.2, 0) is 0 Å². The highest BCUT2D eigenvalue weighted by molar-refractivity contribution is 7.98. The molecule has 0 saturated heterocycles. The molecule has 0 aliphatic heterocycles. The van der Waals surface area contributed by atoms with Gasteiger partial charge in [0.05, 0.1) is 12.1 Å². The molecule has 3 heteroatoms. The van der Waals surface area contributed by atoms with E-state index in [1.54, 1.807) is 0 Å². The maximum atomic E-state index is 8.96. The molecule has 0 rings (SSSR count). The van der Waals surface area contributed by atoms with Gasteiger partial charge in [-0.1, -0.05) is 13.8 Å². The SMILES string of the molecule is CCN(CC)C(C#N)CCCSC. The second kappa shape index (κ2) is 8.40. The van der Waals surface area contributed by atoms with Gasteiger partial charge in [-0.05, 0) is 37.9 Å². The van der Waals surface area contributed by atoms with E-state index < -0.39 is 0 Å². The molecule has 0 aromatic heterocycles. The molecule has 1 atom stereocenters. The first-order valence-electron chi connectivity index (χ1n) is 4.92. The zero-order chi connectivity index (χ0) is 10.1. The molecule has 76 valence electrons. The van der Waals surface area contributed by atoms with Crippen LogP contribution in [0.5, 0.6) is 0 Å². The zero-order valence-electron chi connectivity index (χ0n) is 8.92. The van der Waals surface area contributed by atoms with E-state index in [4.69, 9.17) is 5.26 Å². The maximum absolute atomic E-state index is 8.96. The Morgan fingerprint density at radius 3 is 2.38 bits per heavy atom. The van der Waals surface area contributed by atoms with Gasteiger partial charge < -0.3 is 0 Å². The van der Waals surface area contributed by atoms with Crippen molar-refractivity contribution in [3.05, 3.63) is 0 Å². The average molecular weight is 200 g/mol. The second-order valence-corrected chi connectivity index (χ2v) is 3.99. The lowest BCUT2D eigenvalue weighted by Crippen LogP contribution is -2.33. The summed E-state index contributed by atoms with van der Waals surface area (Å²) in [4.78, 5) is 2.22. The van der Waals surface area contributed by atoms with Crippen LogP contribution in [0.2, 0.25) is 0 Å². The van der Waals surface area contributed by atoms with Gasteiger partial charge in [0.15, 0.2) is 0 Å². The highest BCUT2D eigenvalue weighted by Crippen LogP contribution is 2.08.